The van der Waals surface area contributed by atoms with Gasteiger partial charge in [0.05, 0.1) is 5.56 Å². The van der Waals surface area contributed by atoms with Crippen molar-refractivity contribution in [3.63, 3.8) is 0 Å². The van der Waals surface area contributed by atoms with E-state index in [0.717, 1.165) is 60.1 Å². The minimum atomic E-state index is -0.581. The van der Waals surface area contributed by atoms with E-state index in [2.05, 4.69) is 25.8 Å². The third-order valence-corrected chi connectivity index (χ3v) is 8.40. The van der Waals surface area contributed by atoms with Gasteiger partial charge in [-0.1, -0.05) is 35.2 Å². The van der Waals surface area contributed by atoms with Gasteiger partial charge in [0.2, 0.25) is 0 Å². The molecular weight excluding hydrogens is 556 g/mol. The van der Waals surface area contributed by atoms with Gasteiger partial charge >= 0.3 is 5.97 Å². The second-order valence-electron chi connectivity index (χ2n) is 11.5. The number of hydrogen-bond acceptors (Lipinski definition) is 7. The summed E-state index contributed by atoms with van der Waals surface area (Å²) in [5.74, 6) is -0.236. The van der Waals surface area contributed by atoms with Crippen molar-refractivity contribution in [1.29, 1.82) is 0 Å². The van der Waals surface area contributed by atoms with Gasteiger partial charge in [0.15, 0.2) is 0 Å². The van der Waals surface area contributed by atoms with Gasteiger partial charge in [-0.2, -0.15) is 0 Å². The van der Waals surface area contributed by atoms with E-state index in [1.54, 1.807) is 30.3 Å². The summed E-state index contributed by atoms with van der Waals surface area (Å²) < 4.78 is 0. The summed E-state index contributed by atoms with van der Waals surface area (Å²) in [6, 6.07) is 26.1. The van der Waals surface area contributed by atoms with Crippen molar-refractivity contribution in [2.45, 2.75) is 31.7 Å². The Bertz CT molecular complexity index is 1860. The Balaban J connectivity index is 0.936. The third-order valence-electron chi connectivity index (χ3n) is 8.40. The van der Waals surface area contributed by atoms with E-state index < -0.39 is 5.97 Å². The second-order valence-corrected chi connectivity index (χ2v) is 11.5. The predicted molar refractivity (Wildman–Crippen MR) is 167 cm³/mol. The first-order valence-electron chi connectivity index (χ1n) is 15.0. The highest BCUT2D eigenvalue weighted by molar-refractivity contribution is 5.99. The standard InChI is InChI=1S/C34H32N6O4/c41-32(35-21-22-5-6-22)27-11-14-30-31(20-27)40(38-37-30)44-34(43)24-9-12-29(13-10-24)39-17-15-28(16-18-39)36-33(42)26-8-7-23-3-1-2-4-25(23)19-26/h1-4,7-14,19-20,22,28H,5-6,15-18,21H2,(H,35,41)(H,36,42). The number of piperidine rings is 1. The minimum absolute atomic E-state index is 0.0507. The van der Waals surface area contributed by atoms with Crippen molar-refractivity contribution in [3.05, 3.63) is 102 Å². The first kappa shape index (κ1) is 27.6. The molecule has 2 amide bonds. The molecule has 2 heterocycles. The second kappa shape index (κ2) is 11.8. The van der Waals surface area contributed by atoms with Crippen molar-refractivity contribution in [1.82, 2.24) is 25.8 Å². The molecule has 10 heteroatoms. The van der Waals surface area contributed by atoms with Crippen molar-refractivity contribution < 1.29 is 19.2 Å². The summed E-state index contributed by atoms with van der Waals surface area (Å²) in [4.78, 5) is 47.2. The van der Waals surface area contributed by atoms with E-state index in [9.17, 15) is 14.4 Å². The van der Waals surface area contributed by atoms with Gasteiger partial charge in [0.1, 0.15) is 11.0 Å². The molecule has 5 aromatic rings. The minimum Gasteiger partial charge on any atom is -0.371 e. The van der Waals surface area contributed by atoms with E-state index in [0.29, 0.717) is 40.2 Å². The molecule has 2 aliphatic rings. The van der Waals surface area contributed by atoms with E-state index in [-0.39, 0.29) is 17.9 Å². The number of nitrogens with zero attached hydrogens (tertiary/aromatic N) is 4. The molecule has 1 aliphatic carbocycles. The molecular formula is C34H32N6O4. The molecule has 0 atom stereocenters. The van der Waals surface area contributed by atoms with Crippen LogP contribution < -0.4 is 20.4 Å². The van der Waals surface area contributed by atoms with Crippen molar-refractivity contribution in [3.8, 4) is 0 Å². The predicted octanol–water partition coefficient (Wildman–Crippen LogP) is 4.39. The molecule has 1 aromatic heterocycles. The average molecular weight is 589 g/mol. The van der Waals surface area contributed by atoms with E-state index in [1.165, 1.54) is 0 Å². The summed E-state index contributed by atoms with van der Waals surface area (Å²) in [5, 5.41) is 16.3. The lowest BCUT2D eigenvalue weighted by molar-refractivity contribution is 0.0408. The number of aromatic nitrogens is 3. The molecule has 0 radical (unpaired) electrons. The van der Waals surface area contributed by atoms with Crippen LogP contribution in [0.3, 0.4) is 0 Å². The fourth-order valence-corrected chi connectivity index (χ4v) is 5.59. The number of hydrogen-bond donors (Lipinski definition) is 2. The number of anilines is 1. The molecule has 1 saturated carbocycles. The molecule has 0 unspecified atom stereocenters. The Kier molecular flexibility index (Phi) is 7.39. The van der Waals surface area contributed by atoms with Crippen LogP contribution in [0.2, 0.25) is 0 Å². The zero-order chi connectivity index (χ0) is 30.0. The maximum absolute atomic E-state index is 12.9. The fraction of sp³-hybridized carbons (Fsp3) is 0.265. The van der Waals surface area contributed by atoms with E-state index >= 15 is 0 Å². The van der Waals surface area contributed by atoms with Gasteiger partial charge in [-0.3, -0.25) is 9.59 Å². The monoisotopic (exact) mass is 588 g/mol. The third kappa shape index (κ3) is 5.96. The van der Waals surface area contributed by atoms with Crippen LogP contribution >= 0.6 is 0 Å². The summed E-state index contributed by atoms with van der Waals surface area (Å²) in [7, 11) is 0. The van der Waals surface area contributed by atoms with Crippen LogP contribution in [0.25, 0.3) is 21.8 Å². The highest BCUT2D eigenvalue weighted by Crippen LogP contribution is 2.28. The molecule has 44 heavy (non-hydrogen) atoms. The first-order chi connectivity index (χ1) is 21.5. The number of benzene rings is 4. The number of carbonyl (C=O) groups is 3. The van der Waals surface area contributed by atoms with Crippen LogP contribution in [0, 0.1) is 5.92 Å². The summed E-state index contributed by atoms with van der Waals surface area (Å²) >= 11 is 0. The van der Waals surface area contributed by atoms with Gasteiger partial charge in [0, 0.05) is 42.5 Å². The van der Waals surface area contributed by atoms with Gasteiger partial charge in [-0.05, 0) is 102 Å². The van der Waals surface area contributed by atoms with Crippen molar-refractivity contribution >= 4 is 45.3 Å². The fourth-order valence-electron chi connectivity index (χ4n) is 5.59. The number of nitrogens with one attached hydrogen (secondary N) is 2. The Hall–Kier alpha value is -5.25. The highest BCUT2D eigenvalue weighted by Gasteiger charge is 2.23. The van der Waals surface area contributed by atoms with Crippen molar-refractivity contribution in [2.24, 2.45) is 5.92 Å². The number of fused-ring (bicyclic) bond motifs is 2. The van der Waals surface area contributed by atoms with Crippen LogP contribution in [0.5, 0.6) is 0 Å². The number of carbonyl (C=O) groups excluding carboxylic acids is 3. The normalized spacial score (nSPS) is 15.3. The first-order valence-corrected chi connectivity index (χ1v) is 15.0. The van der Waals surface area contributed by atoms with Crippen LogP contribution in [0.1, 0.15) is 56.8 Å². The summed E-state index contributed by atoms with van der Waals surface area (Å²) in [6.07, 6.45) is 3.95. The molecule has 2 fully saturated rings. The smallest absolute Gasteiger partial charge is 0.365 e. The van der Waals surface area contributed by atoms with Crippen LogP contribution in [-0.2, 0) is 0 Å². The van der Waals surface area contributed by atoms with Crippen LogP contribution in [-0.4, -0.2) is 58.6 Å². The summed E-state index contributed by atoms with van der Waals surface area (Å²) in [5.41, 5.74) is 3.44. The zero-order valence-corrected chi connectivity index (χ0v) is 24.1. The summed E-state index contributed by atoms with van der Waals surface area (Å²) in [6.45, 7) is 2.24. The van der Waals surface area contributed by atoms with E-state index in [1.807, 2.05) is 54.6 Å². The Morgan fingerprint density at radius 1 is 0.773 bits per heavy atom. The lowest BCUT2D eigenvalue weighted by atomic mass is 10.0. The average Bonchev–Trinajstić information content (AvgIpc) is 3.82. The Morgan fingerprint density at radius 3 is 2.25 bits per heavy atom. The Labute approximate surface area is 253 Å². The molecule has 1 aliphatic heterocycles. The molecule has 0 spiro atoms. The molecule has 222 valence electrons. The number of amides is 2. The highest BCUT2D eigenvalue weighted by atomic mass is 16.7. The molecule has 7 rings (SSSR count). The van der Waals surface area contributed by atoms with Crippen molar-refractivity contribution in [2.75, 3.05) is 24.5 Å². The molecule has 0 bridgehead atoms. The SMILES string of the molecule is O=C(NCC1CC1)c1ccc2nnn(OC(=O)c3ccc(N4CCC(NC(=O)c5ccc6ccccc6c5)CC4)cc3)c2c1. The largest absolute Gasteiger partial charge is 0.371 e. The molecule has 2 N–H and O–H groups in total. The van der Waals surface area contributed by atoms with E-state index in [4.69, 9.17) is 4.84 Å². The van der Waals surface area contributed by atoms with Gasteiger partial charge < -0.3 is 20.4 Å². The van der Waals surface area contributed by atoms with Gasteiger partial charge in [-0.15, -0.1) is 5.10 Å². The number of rotatable bonds is 8. The molecule has 10 nitrogen and oxygen atoms in total. The maximum Gasteiger partial charge on any atom is 0.365 e. The molecule has 1 saturated heterocycles. The van der Waals surface area contributed by atoms with Crippen LogP contribution in [0.15, 0.2) is 84.9 Å². The lowest BCUT2D eigenvalue weighted by Crippen LogP contribution is -2.44. The topological polar surface area (TPSA) is 118 Å². The lowest BCUT2D eigenvalue weighted by Gasteiger charge is -2.34. The zero-order valence-electron chi connectivity index (χ0n) is 24.1. The maximum atomic E-state index is 12.9. The quantitative estimate of drug-likeness (QED) is 0.258. The van der Waals surface area contributed by atoms with Gasteiger partial charge in [-0.25, -0.2) is 4.79 Å². The Morgan fingerprint density at radius 2 is 1.48 bits per heavy atom. The van der Waals surface area contributed by atoms with Gasteiger partial charge in [0.25, 0.3) is 11.8 Å². The van der Waals surface area contributed by atoms with Crippen LogP contribution in [0.4, 0.5) is 5.69 Å². The molecule has 4 aromatic carbocycles.